The minimum absolute atomic E-state index is 0.0137. The van der Waals surface area contributed by atoms with Crippen LogP contribution in [0.2, 0.25) is 0 Å². The summed E-state index contributed by atoms with van der Waals surface area (Å²) < 4.78 is 5.34. The van der Waals surface area contributed by atoms with Crippen LogP contribution in [0.5, 0.6) is 5.75 Å². The molecule has 1 amide bonds. The summed E-state index contributed by atoms with van der Waals surface area (Å²) >= 11 is 0. The molecule has 0 spiro atoms. The molecule has 3 N–H and O–H groups in total. The molecule has 1 rings (SSSR count). The first-order valence-electron chi connectivity index (χ1n) is 6.74. The van der Waals surface area contributed by atoms with Crippen molar-refractivity contribution in [1.29, 1.82) is 0 Å². The Morgan fingerprint density at radius 1 is 1.43 bits per heavy atom. The maximum Gasteiger partial charge on any atom is 0.311 e. The number of nitrogens with one attached hydrogen (secondary N) is 1. The molecule has 116 valence electrons. The van der Waals surface area contributed by atoms with Crippen molar-refractivity contribution in [3.63, 3.8) is 0 Å². The number of primary amides is 1. The van der Waals surface area contributed by atoms with Crippen molar-refractivity contribution in [1.82, 2.24) is 5.32 Å². The third kappa shape index (κ3) is 5.39. The number of nitro groups is 1. The van der Waals surface area contributed by atoms with Crippen molar-refractivity contribution in [2.45, 2.75) is 33.4 Å². The Hall–Kier alpha value is -2.15. The van der Waals surface area contributed by atoms with Gasteiger partial charge in [-0.25, -0.2) is 0 Å². The van der Waals surface area contributed by atoms with E-state index in [9.17, 15) is 14.9 Å². The average Bonchev–Trinajstić information content (AvgIpc) is 2.42. The van der Waals surface area contributed by atoms with E-state index in [1.165, 1.54) is 6.07 Å². The van der Waals surface area contributed by atoms with E-state index in [1.807, 2.05) is 13.8 Å². The number of carbonyl (C=O) groups is 1. The number of nitro benzene ring substituents is 1. The largest absolute Gasteiger partial charge is 0.486 e. The van der Waals surface area contributed by atoms with E-state index in [2.05, 4.69) is 5.32 Å². The van der Waals surface area contributed by atoms with Crippen LogP contribution in [0.4, 0.5) is 5.69 Å². The zero-order chi connectivity index (χ0) is 16.0. The molecule has 1 aromatic rings. The van der Waals surface area contributed by atoms with Gasteiger partial charge in [-0.1, -0.05) is 26.8 Å². The number of ether oxygens (including phenoxy) is 1. The van der Waals surface area contributed by atoms with E-state index in [-0.39, 0.29) is 24.1 Å². The number of benzene rings is 1. The molecular formula is C14H21N3O4. The highest BCUT2D eigenvalue weighted by atomic mass is 16.6. The second-order valence-electron chi connectivity index (χ2n) is 5.21. The number of hydrogen-bond donors (Lipinski definition) is 2. The van der Waals surface area contributed by atoms with E-state index in [4.69, 9.17) is 10.5 Å². The molecule has 0 aliphatic carbocycles. The fourth-order valence-electron chi connectivity index (χ4n) is 1.56. The van der Waals surface area contributed by atoms with Crippen molar-refractivity contribution in [2.24, 2.45) is 11.7 Å². The van der Waals surface area contributed by atoms with Crippen LogP contribution in [0.1, 0.15) is 26.3 Å². The van der Waals surface area contributed by atoms with Crippen LogP contribution in [0.3, 0.4) is 0 Å². The van der Waals surface area contributed by atoms with Gasteiger partial charge in [-0.2, -0.15) is 0 Å². The molecule has 1 aromatic carbocycles. The summed E-state index contributed by atoms with van der Waals surface area (Å²) in [6, 6.07) is 5.06. The lowest BCUT2D eigenvalue weighted by Crippen LogP contribution is -2.26. The molecule has 7 nitrogen and oxygen atoms in total. The van der Waals surface area contributed by atoms with Crippen molar-refractivity contribution in [3.05, 3.63) is 33.9 Å². The molecule has 1 unspecified atom stereocenters. The second-order valence-corrected chi connectivity index (χ2v) is 5.21. The second kappa shape index (κ2) is 7.58. The Bertz CT molecular complexity index is 517. The summed E-state index contributed by atoms with van der Waals surface area (Å²) in [5.41, 5.74) is 5.81. The summed E-state index contributed by atoms with van der Waals surface area (Å²) in [4.78, 5) is 21.5. The van der Waals surface area contributed by atoms with Gasteiger partial charge in [0.05, 0.1) is 17.4 Å². The molecule has 0 aliphatic heterocycles. The van der Waals surface area contributed by atoms with Crippen LogP contribution < -0.4 is 15.8 Å². The monoisotopic (exact) mass is 295 g/mol. The minimum Gasteiger partial charge on any atom is -0.486 e. The van der Waals surface area contributed by atoms with E-state index in [0.717, 1.165) is 5.56 Å². The smallest absolute Gasteiger partial charge is 0.311 e. The molecule has 21 heavy (non-hydrogen) atoms. The molecule has 0 saturated carbocycles. The lowest BCUT2D eigenvalue weighted by molar-refractivity contribution is -0.386. The molecule has 7 heteroatoms. The topological polar surface area (TPSA) is 107 Å². The van der Waals surface area contributed by atoms with Gasteiger partial charge in [0, 0.05) is 18.7 Å². The first-order chi connectivity index (χ1) is 9.81. The van der Waals surface area contributed by atoms with Gasteiger partial charge in [-0.15, -0.1) is 0 Å². The van der Waals surface area contributed by atoms with Gasteiger partial charge in [0.1, 0.15) is 0 Å². The first kappa shape index (κ1) is 16.9. The van der Waals surface area contributed by atoms with Crippen LogP contribution >= 0.6 is 0 Å². The van der Waals surface area contributed by atoms with Crippen molar-refractivity contribution < 1.29 is 14.5 Å². The maximum absolute atomic E-state index is 11.1. The van der Waals surface area contributed by atoms with Gasteiger partial charge in [-0.05, 0) is 11.6 Å². The van der Waals surface area contributed by atoms with Gasteiger partial charge >= 0.3 is 5.69 Å². The van der Waals surface area contributed by atoms with E-state index in [0.29, 0.717) is 6.54 Å². The molecule has 0 saturated heterocycles. The molecule has 0 heterocycles. The quantitative estimate of drug-likeness (QED) is 0.559. The lowest BCUT2D eigenvalue weighted by atomic mass is 10.1. The summed E-state index contributed by atoms with van der Waals surface area (Å²) in [6.45, 7) is 6.15. The summed E-state index contributed by atoms with van der Waals surface area (Å²) in [6.07, 6.45) is 0. The highest BCUT2D eigenvalue weighted by Crippen LogP contribution is 2.28. The molecule has 0 bridgehead atoms. The third-order valence-electron chi connectivity index (χ3n) is 2.91. The van der Waals surface area contributed by atoms with E-state index >= 15 is 0 Å². The maximum atomic E-state index is 11.1. The lowest BCUT2D eigenvalue weighted by Gasteiger charge is -2.12. The third-order valence-corrected chi connectivity index (χ3v) is 2.91. The fourth-order valence-corrected chi connectivity index (χ4v) is 1.56. The Labute approximate surface area is 123 Å². The standard InChI is InChI=1S/C14H21N3O4/c1-9(2)16-7-11-4-5-13(12(6-11)17(19)20)21-8-10(3)14(15)18/h4-6,9-10,16H,7-8H2,1-3H3,(H2,15,18). The van der Waals surface area contributed by atoms with Crippen molar-refractivity contribution in [3.8, 4) is 5.75 Å². The van der Waals surface area contributed by atoms with Gasteiger partial charge in [0.15, 0.2) is 5.75 Å². The number of hydrogen-bond acceptors (Lipinski definition) is 5. The predicted molar refractivity (Wildman–Crippen MR) is 78.9 cm³/mol. The van der Waals surface area contributed by atoms with E-state index < -0.39 is 16.7 Å². The number of nitrogens with zero attached hydrogens (tertiary/aromatic N) is 1. The summed E-state index contributed by atoms with van der Waals surface area (Å²) in [5, 5.41) is 14.3. The van der Waals surface area contributed by atoms with Crippen LogP contribution in [-0.4, -0.2) is 23.5 Å². The Balaban J connectivity index is 2.84. The summed E-state index contributed by atoms with van der Waals surface area (Å²) in [7, 11) is 0. The Morgan fingerprint density at radius 2 is 2.10 bits per heavy atom. The fraction of sp³-hybridized carbons (Fsp3) is 0.500. The van der Waals surface area contributed by atoms with Gasteiger partial charge in [0.25, 0.3) is 0 Å². The van der Waals surface area contributed by atoms with Gasteiger partial charge in [0.2, 0.25) is 5.91 Å². The van der Waals surface area contributed by atoms with Crippen LogP contribution in [-0.2, 0) is 11.3 Å². The Morgan fingerprint density at radius 3 is 2.62 bits per heavy atom. The highest BCUT2D eigenvalue weighted by molar-refractivity contribution is 5.76. The van der Waals surface area contributed by atoms with Crippen molar-refractivity contribution >= 4 is 11.6 Å². The number of rotatable bonds is 8. The van der Waals surface area contributed by atoms with Crippen LogP contribution in [0.25, 0.3) is 0 Å². The van der Waals surface area contributed by atoms with Gasteiger partial charge < -0.3 is 15.8 Å². The van der Waals surface area contributed by atoms with Crippen molar-refractivity contribution in [2.75, 3.05) is 6.61 Å². The highest BCUT2D eigenvalue weighted by Gasteiger charge is 2.18. The Kier molecular flexibility index (Phi) is 6.10. The van der Waals surface area contributed by atoms with Gasteiger partial charge in [-0.3, -0.25) is 14.9 Å². The minimum atomic E-state index is -0.508. The number of nitrogens with two attached hydrogens (primary N) is 1. The SMILES string of the molecule is CC(C)NCc1ccc(OCC(C)C(N)=O)c([N+](=O)[O-])c1. The molecule has 0 fully saturated rings. The van der Waals surface area contributed by atoms with Crippen LogP contribution in [0, 0.1) is 16.0 Å². The zero-order valence-corrected chi connectivity index (χ0v) is 12.5. The first-order valence-corrected chi connectivity index (χ1v) is 6.74. The van der Waals surface area contributed by atoms with E-state index in [1.54, 1.807) is 19.1 Å². The number of amides is 1. The molecule has 0 aromatic heterocycles. The number of carbonyl (C=O) groups excluding carboxylic acids is 1. The molecule has 1 atom stereocenters. The molecular weight excluding hydrogens is 274 g/mol. The normalized spacial score (nSPS) is 12.2. The molecule has 0 aliphatic rings. The molecule has 0 radical (unpaired) electrons. The predicted octanol–water partition coefficient (Wildman–Crippen LogP) is 1.59. The zero-order valence-electron chi connectivity index (χ0n) is 12.5. The average molecular weight is 295 g/mol. The summed E-state index contributed by atoms with van der Waals surface area (Å²) in [5.74, 6) is -0.872. The van der Waals surface area contributed by atoms with Crippen LogP contribution in [0.15, 0.2) is 18.2 Å².